The van der Waals surface area contributed by atoms with Gasteiger partial charge in [0.15, 0.2) is 0 Å². The molecule has 1 aromatic heterocycles. The van der Waals surface area contributed by atoms with Crippen molar-refractivity contribution >= 4 is 17.9 Å². The van der Waals surface area contributed by atoms with Crippen molar-refractivity contribution in [2.24, 2.45) is 5.92 Å². The fourth-order valence-electron chi connectivity index (χ4n) is 1.96. The number of carboxylic acids is 1. The Morgan fingerprint density at radius 1 is 1.36 bits per heavy atom. The van der Waals surface area contributed by atoms with Crippen LogP contribution in [0.25, 0.3) is 5.69 Å². The second-order valence-electron chi connectivity index (χ2n) is 5.01. The maximum atomic E-state index is 12.1. The molecule has 0 aliphatic rings. The minimum absolute atomic E-state index is 0.118. The summed E-state index contributed by atoms with van der Waals surface area (Å²) in [7, 11) is 1.55. The zero-order valence-electron chi connectivity index (χ0n) is 12.4. The summed E-state index contributed by atoms with van der Waals surface area (Å²) in [6.45, 7) is 1.67. The van der Waals surface area contributed by atoms with Crippen molar-refractivity contribution in [2.75, 3.05) is 18.9 Å². The minimum Gasteiger partial charge on any atom is -0.481 e. The summed E-state index contributed by atoms with van der Waals surface area (Å²) in [5.41, 5.74) is 0.872. The number of carbonyl (C=O) groups is 2. The number of anilines is 1. The van der Waals surface area contributed by atoms with Gasteiger partial charge in [0, 0.05) is 31.7 Å². The zero-order valence-corrected chi connectivity index (χ0v) is 12.4. The lowest BCUT2D eigenvalue weighted by Crippen LogP contribution is -2.37. The molecule has 2 N–H and O–H groups in total. The number of para-hydroxylation sites is 1. The molecular formula is C15H18N4O3. The number of hydrogen-bond donors (Lipinski definition) is 2. The number of aromatic nitrogens is 2. The number of aliphatic carboxylic acids is 1. The number of benzene rings is 1. The molecule has 22 heavy (non-hydrogen) atoms. The van der Waals surface area contributed by atoms with Crippen molar-refractivity contribution in [3.8, 4) is 5.69 Å². The van der Waals surface area contributed by atoms with Gasteiger partial charge >= 0.3 is 12.0 Å². The molecule has 7 heteroatoms. The van der Waals surface area contributed by atoms with Gasteiger partial charge in [0.2, 0.25) is 5.95 Å². The number of carboxylic acid groups (broad SMARTS) is 1. The Morgan fingerprint density at radius 3 is 2.68 bits per heavy atom. The lowest BCUT2D eigenvalue weighted by molar-refractivity contribution is -0.141. The molecule has 2 amide bonds. The van der Waals surface area contributed by atoms with Gasteiger partial charge in [0.1, 0.15) is 0 Å². The third-order valence-corrected chi connectivity index (χ3v) is 3.21. The van der Waals surface area contributed by atoms with Crippen molar-refractivity contribution in [2.45, 2.75) is 6.92 Å². The Kier molecular flexibility index (Phi) is 4.77. The molecule has 2 aromatic rings. The van der Waals surface area contributed by atoms with Gasteiger partial charge in [-0.1, -0.05) is 25.1 Å². The van der Waals surface area contributed by atoms with Gasteiger partial charge in [-0.3, -0.25) is 14.7 Å². The highest BCUT2D eigenvalue weighted by Gasteiger charge is 2.18. The first-order valence-corrected chi connectivity index (χ1v) is 6.82. The average molecular weight is 302 g/mol. The van der Waals surface area contributed by atoms with Crippen LogP contribution in [0.2, 0.25) is 0 Å². The van der Waals surface area contributed by atoms with Crippen molar-refractivity contribution < 1.29 is 14.7 Å². The van der Waals surface area contributed by atoms with Crippen molar-refractivity contribution in [1.82, 2.24) is 14.5 Å². The number of urea groups is 1. The number of rotatable bonds is 5. The predicted octanol–water partition coefficient (Wildman–Crippen LogP) is 2.06. The lowest BCUT2D eigenvalue weighted by atomic mass is 10.2. The first kappa shape index (κ1) is 15.6. The predicted molar refractivity (Wildman–Crippen MR) is 82.0 cm³/mol. The van der Waals surface area contributed by atoms with Gasteiger partial charge in [-0.15, -0.1) is 0 Å². The van der Waals surface area contributed by atoms with E-state index >= 15 is 0 Å². The largest absolute Gasteiger partial charge is 0.481 e. The monoisotopic (exact) mass is 302 g/mol. The molecule has 0 bridgehead atoms. The van der Waals surface area contributed by atoms with E-state index in [4.69, 9.17) is 5.11 Å². The van der Waals surface area contributed by atoms with E-state index in [0.29, 0.717) is 5.95 Å². The Bertz CT molecular complexity index is 654. The molecule has 1 unspecified atom stereocenters. The van der Waals surface area contributed by atoms with Crippen LogP contribution in [0.5, 0.6) is 0 Å². The second-order valence-corrected chi connectivity index (χ2v) is 5.01. The van der Waals surface area contributed by atoms with Gasteiger partial charge in [-0.25, -0.2) is 9.78 Å². The molecule has 2 rings (SSSR count). The molecule has 0 radical (unpaired) electrons. The van der Waals surface area contributed by atoms with Crippen LogP contribution in [-0.2, 0) is 4.79 Å². The molecule has 0 saturated heterocycles. The summed E-state index contributed by atoms with van der Waals surface area (Å²) >= 11 is 0. The maximum absolute atomic E-state index is 12.1. The second kappa shape index (κ2) is 6.75. The van der Waals surface area contributed by atoms with E-state index in [1.807, 2.05) is 30.3 Å². The van der Waals surface area contributed by atoms with E-state index in [-0.39, 0.29) is 6.54 Å². The summed E-state index contributed by atoms with van der Waals surface area (Å²) in [6, 6.07) is 9.07. The Balaban J connectivity index is 2.07. The van der Waals surface area contributed by atoms with E-state index < -0.39 is 17.9 Å². The number of nitrogens with one attached hydrogen (secondary N) is 1. The first-order chi connectivity index (χ1) is 10.5. The molecule has 1 heterocycles. The molecule has 0 spiro atoms. The summed E-state index contributed by atoms with van der Waals surface area (Å²) in [5.74, 6) is -1.19. The molecule has 0 saturated carbocycles. The quantitative estimate of drug-likeness (QED) is 0.885. The van der Waals surface area contributed by atoms with Crippen molar-refractivity contribution in [1.29, 1.82) is 0 Å². The third kappa shape index (κ3) is 3.63. The molecule has 7 nitrogen and oxygen atoms in total. The van der Waals surface area contributed by atoms with Crippen LogP contribution in [0.3, 0.4) is 0 Å². The fourth-order valence-corrected chi connectivity index (χ4v) is 1.96. The highest BCUT2D eigenvalue weighted by Crippen LogP contribution is 2.14. The number of nitrogens with zero attached hydrogens (tertiary/aromatic N) is 3. The summed E-state index contributed by atoms with van der Waals surface area (Å²) in [5, 5.41) is 11.6. The van der Waals surface area contributed by atoms with Gasteiger partial charge in [-0.2, -0.15) is 0 Å². The van der Waals surface area contributed by atoms with Gasteiger partial charge in [-0.05, 0) is 12.1 Å². The van der Waals surface area contributed by atoms with E-state index in [1.54, 1.807) is 30.9 Å². The zero-order chi connectivity index (χ0) is 16.1. The van der Waals surface area contributed by atoms with E-state index in [0.717, 1.165) is 5.69 Å². The minimum atomic E-state index is -0.939. The number of imidazole rings is 1. The SMILES string of the molecule is CC(CN(C)C(=O)Nc1nccn1-c1ccccc1)C(=O)O. The van der Waals surface area contributed by atoms with E-state index in [9.17, 15) is 9.59 Å². The molecule has 1 atom stereocenters. The Hall–Kier alpha value is -2.83. The van der Waals surface area contributed by atoms with E-state index in [2.05, 4.69) is 10.3 Å². The van der Waals surface area contributed by atoms with Crippen LogP contribution >= 0.6 is 0 Å². The number of carbonyl (C=O) groups excluding carboxylic acids is 1. The number of hydrogen-bond acceptors (Lipinski definition) is 3. The summed E-state index contributed by atoms with van der Waals surface area (Å²) in [4.78, 5) is 28.4. The van der Waals surface area contributed by atoms with Crippen LogP contribution in [0, 0.1) is 5.92 Å². The first-order valence-electron chi connectivity index (χ1n) is 6.82. The highest BCUT2D eigenvalue weighted by molar-refractivity contribution is 5.88. The van der Waals surface area contributed by atoms with Crippen LogP contribution in [-0.4, -0.2) is 45.2 Å². The standard InChI is InChI=1S/C15H18N4O3/c1-11(13(20)21)10-18(2)15(22)17-14-16-8-9-19(14)12-6-4-3-5-7-12/h3-9,11H,10H2,1-2H3,(H,20,21)(H,16,17,22). The summed E-state index contributed by atoms with van der Waals surface area (Å²) in [6.07, 6.45) is 3.33. The molecule has 0 aliphatic heterocycles. The van der Waals surface area contributed by atoms with Crippen molar-refractivity contribution in [3.05, 3.63) is 42.7 Å². The number of amides is 2. The Labute approximate surface area is 128 Å². The normalized spacial score (nSPS) is 11.7. The third-order valence-electron chi connectivity index (χ3n) is 3.21. The van der Waals surface area contributed by atoms with Crippen LogP contribution < -0.4 is 5.32 Å². The summed E-state index contributed by atoms with van der Waals surface area (Å²) < 4.78 is 1.74. The van der Waals surface area contributed by atoms with Crippen LogP contribution in [0.4, 0.5) is 10.7 Å². The molecule has 0 aliphatic carbocycles. The van der Waals surface area contributed by atoms with Gasteiger partial charge in [0.25, 0.3) is 0 Å². The highest BCUT2D eigenvalue weighted by atomic mass is 16.4. The maximum Gasteiger partial charge on any atom is 0.323 e. The van der Waals surface area contributed by atoms with Crippen LogP contribution in [0.1, 0.15) is 6.92 Å². The molecule has 116 valence electrons. The molecular weight excluding hydrogens is 284 g/mol. The molecule has 0 fully saturated rings. The topological polar surface area (TPSA) is 87.5 Å². The fraction of sp³-hybridized carbons (Fsp3) is 0.267. The Morgan fingerprint density at radius 2 is 2.05 bits per heavy atom. The van der Waals surface area contributed by atoms with Gasteiger partial charge in [0.05, 0.1) is 5.92 Å². The average Bonchev–Trinajstić information content (AvgIpc) is 2.96. The lowest BCUT2D eigenvalue weighted by Gasteiger charge is -2.20. The smallest absolute Gasteiger partial charge is 0.323 e. The van der Waals surface area contributed by atoms with Crippen LogP contribution in [0.15, 0.2) is 42.7 Å². The van der Waals surface area contributed by atoms with E-state index in [1.165, 1.54) is 4.90 Å². The van der Waals surface area contributed by atoms with Gasteiger partial charge < -0.3 is 10.0 Å². The molecule has 1 aromatic carbocycles. The van der Waals surface area contributed by atoms with Crippen molar-refractivity contribution in [3.63, 3.8) is 0 Å².